The lowest BCUT2D eigenvalue weighted by atomic mass is 9.92. The van der Waals surface area contributed by atoms with Crippen molar-refractivity contribution in [3.8, 4) is 0 Å². The Kier molecular flexibility index (Phi) is 5.76. The molecule has 2 aliphatic rings. The Hall–Kier alpha value is -1.44. The molecule has 1 aliphatic heterocycles. The molecule has 0 aromatic heterocycles. The topological polar surface area (TPSA) is 86.7 Å². The first-order valence-corrected chi connectivity index (χ1v) is 10.4. The number of benzene rings is 1. The molecule has 0 radical (unpaired) electrons. The number of carbonyl (C=O) groups excluding carboxylic acids is 1. The highest BCUT2D eigenvalue weighted by molar-refractivity contribution is 7.89. The standard InChI is InChI=1S/C18H26N2O4S/c21-16-10-8-15(9-11-16)19-18(22)14-5-4-12-20(13-14)25(23,24)17-6-2-1-3-7-17/h1-3,6-7,14-16,21H,4-5,8-13H2,(H,19,22). The molecule has 1 amide bonds. The second-order valence-electron chi connectivity index (χ2n) is 7.03. The average Bonchev–Trinajstić information content (AvgIpc) is 2.64. The minimum atomic E-state index is -3.55. The number of hydrogen-bond donors (Lipinski definition) is 2. The van der Waals surface area contributed by atoms with Gasteiger partial charge in [0.2, 0.25) is 15.9 Å². The SMILES string of the molecule is O=C(NC1CCC(O)CC1)C1CCCN(S(=O)(=O)c2ccccc2)C1. The van der Waals surface area contributed by atoms with Gasteiger partial charge in [-0.2, -0.15) is 4.31 Å². The summed E-state index contributed by atoms with van der Waals surface area (Å²) in [5.74, 6) is -0.367. The molecular formula is C18H26N2O4S. The van der Waals surface area contributed by atoms with Crippen LogP contribution in [0.3, 0.4) is 0 Å². The molecule has 1 unspecified atom stereocenters. The third kappa shape index (κ3) is 4.40. The lowest BCUT2D eigenvalue weighted by molar-refractivity contribution is -0.127. The van der Waals surface area contributed by atoms with Gasteiger partial charge in [-0.3, -0.25) is 4.79 Å². The summed E-state index contributed by atoms with van der Waals surface area (Å²) < 4.78 is 26.9. The Morgan fingerprint density at radius 3 is 2.44 bits per heavy atom. The van der Waals surface area contributed by atoms with Gasteiger partial charge in [0.05, 0.1) is 16.9 Å². The van der Waals surface area contributed by atoms with Crippen molar-refractivity contribution in [2.45, 2.75) is 55.6 Å². The lowest BCUT2D eigenvalue weighted by Crippen LogP contribution is -2.48. The maximum atomic E-state index is 12.7. The maximum Gasteiger partial charge on any atom is 0.243 e. The molecular weight excluding hydrogens is 340 g/mol. The van der Waals surface area contributed by atoms with Gasteiger partial charge in [-0.05, 0) is 50.7 Å². The first-order valence-electron chi connectivity index (χ1n) is 9.00. The number of aliphatic hydroxyl groups excluding tert-OH is 1. The number of hydrogen-bond acceptors (Lipinski definition) is 4. The van der Waals surface area contributed by atoms with Gasteiger partial charge in [0.15, 0.2) is 0 Å². The van der Waals surface area contributed by atoms with Crippen LogP contribution in [0.4, 0.5) is 0 Å². The Morgan fingerprint density at radius 1 is 1.08 bits per heavy atom. The van der Waals surface area contributed by atoms with Crippen molar-refractivity contribution in [3.63, 3.8) is 0 Å². The number of piperidine rings is 1. The van der Waals surface area contributed by atoms with Crippen molar-refractivity contribution in [1.82, 2.24) is 9.62 Å². The summed E-state index contributed by atoms with van der Waals surface area (Å²) >= 11 is 0. The van der Waals surface area contributed by atoms with Gasteiger partial charge in [-0.1, -0.05) is 18.2 Å². The smallest absolute Gasteiger partial charge is 0.243 e. The number of sulfonamides is 1. The van der Waals surface area contributed by atoms with Gasteiger partial charge in [0.1, 0.15) is 0 Å². The highest BCUT2D eigenvalue weighted by atomic mass is 32.2. The minimum Gasteiger partial charge on any atom is -0.393 e. The molecule has 1 aliphatic carbocycles. The summed E-state index contributed by atoms with van der Waals surface area (Å²) in [7, 11) is -3.55. The minimum absolute atomic E-state index is 0.0608. The van der Waals surface area contributed by atoms with Crippen LogP contribution in [0.25, 0.3) is 0 Å². The average molecular weight is 366 g/mol. The Morgan fingerprint density at radius 2 is 1.76 bits per heavy atom. The van der Waals surface area contributed by atoms with Crippen molar-refractivity contribution in [2.24, 2.45) is 5.92 Å². The second-order valence-corrected chi connectivity index (χ2v) is 8.97. The highest BCUT2D eigenvalue weighted by Gasteiger charge is 2.34. The van der Waals surface area contributed by atoms with E-state index in [1.54, 1.807) is 30.3 Å². The Balaban J connectivity index is 1.62. The van der Waals surface area contributed by atoms with E-state index in [2.05, 4.69) is 5.32 Å². The van der Waals surface area contributed by atoms with Crippen LogP contribution in [0.15, 0.2) is 35.2 Å². The molecule has 25 heavy (non-hydrogen) atoms. The number of nitrogens with one attached hydrogen (secondary N) is 1. The third-order valence-corrected chi connectivity index (χ3v) is 7.06. The molecule has 1 saturated heterocycles. The summed E-state index contributed by atoms with van der Waals surface area (Å²) in [6, 6.07) is 8.47. The predicted octanol–water partition coefficient (Wildman–Crippen LogP) is 1.51. The van der Waals surface area contributed by atoms with E-state index in [1.165, 1.54) is 4.31 Å². The van der Waals surface area contributed by atoms with E-state index in [1.807, 2.05) is 0 Å². The van der Waals surface area contributed by atoms with E-state index in [-0.39, 0.29) is 35.4 Å². The van der Waals surface area contributed by atoms with Gasteiger partial charge >= 0.3 is 0 Å². The molecule has 0 bridgehead atoms. The van der Waals surface area contributed by atoms with E-state index in [9.17, 15) is 18.3 Å². The van der Waals surface area contributed by atoms with Crippen LogP contribution in [0, 0.1) is 5.92 Å². The van der Waals surface area contributed by atoms with Crippen LogP contribution in [-0.4, -0.2) is 49.0 Å². The van der Waals surface area contributed by atoms with E-state index < -0.39 is 10.0 Å². The molecule has 1 atom stereocenters. The summed E-state index contributed by atoms with van der Waals surface area (Å²) in [6.07, 6.45) is 4.13. The van der Waals surface area contributed by atoms with E-state index in [0.29, 0.717) is 32.2 Å². The zero-order valence-corrected chi connectivity index (χ0v) is 15.1. The number of nitrogens with zero attached hydrogens (tertiary/aromatic N) is 1. The first kappa shape index (κ1) is 18.4. The molecule has 0 spiro atoms. The number of amides is 1. The maximum absolute atomic E-state index is 12.7. The van der Waals surface area contributed by atoms with Gasteiger partial charge in [-0.15, -0.1) is 0 Å². The van der Waals surface area contributed by atoms with E-state index in [4.69, 9.17) is 0 Å². The zero-order chi connectivity index (χ0) is 17.9. The number of aliphatic hydroxyl groups is 1. The largest absolute Gasteiger partial charge is 0.393 e. The molecule has 1 heterocycles. The van der Waals surface area contributed by atoms with Crippen molar-refractivity contribution in [2.75, 3.05) is 13.1 Å². The fraction of sp³-hybridized carbons (Fsp3) is 0.611. The normalized spacial score (nSPS) is 28.4. The molecule has 3 rings (SSSR count). The van der Waals surface area contributed by atoms with Gasteiger partial charge in [0.25, 0.3) is 0 Å². The second kappa shape index (κ2) is 7.85. The van der Waals surface area contributed by atoms with Gasteiger partial charge in [0, 0.05) is 19.1 Å². The van der Waals surface area contributed by atoms with Crippen molar-refractivity contribution >= 4 is 15.9 Å². The van der Waals surface area contributed by atoms with Crippen molar-refractivity contribution in [3.05, 3.63) is 30.3 Å². The monoisotopic (exact) mass is 366 g/mol. The van der Waals surface area contributed by atoms with Crippen LogP contribution < -0.4 is 5.32 Å². The van der Waals surface area contributed by atoms with Crippen molar-refractivity contribution in [1.29, 1.82) is 0 Å². The molecule has 6 nitrogen and oxygen atoms in total. The molecule has 2 fully saturated rings. The highest BCUT2D eigenvalue weighted by Crippen LogP contribution is 2.25. The van der Waals surface area contributed by atoms with Crippen LogP contribution in [0.2, 0.25) is 0 Å². The van der Waals surface area contributed by atoms with Crippen LogP contribution in [0.1, 0.15) is 38.5 Å². The van der Waals surface area contributed by atoms with E-state index in [0.717, 1.165) is 12.8 Å². The fourth-order valence-electron chi connectivity index (χ4n) is 3.66. The molecule has 1 saturated carbocycles. The van der Waals surface area contributed by atoms with Crippen LogP contribution in [-0.2, 0) is 14.8 Å². The molecule has 1 aromatic carbocycles. The van der Waals surface area contributed by atoms with Gasteiger partial charge in [-0.25, -0.2) is 8.42 Å². The number of rotatable bonds is 4. The molecule has 138 valence electrons. The van der Waals surface area contributed by atoms with E-state index >= 15 is 0 Å². The Labute approximate surface area is 149 Å². The number of carbonyl (C=O) groups is 1. The first-order chi connectivity index (χ1) is 12.0. The molecule has 7 heteroatoms. The third-order valence-electron chi connectivity index (χ3n) is 5.18. The molecule has 2 N–H and O–H groups in total. The summed E-state index contributed by atoms with van der Waals surface area (Å²) in [6.45, 7) is 0.690. The lowest BCUT2D eigenvalue weighted by Gasteiger charge is -2.33. The van der Waals surface area contributed by atoms with Crippen LogP contribution >= 0.6 is 0 Å². The summed E-state index contributed by atoms with van der Waals surface area (Å²) in [5.41, 5.74) is 0. The molecule has 1 aromatic rings. The quantitative estimate of drug-likeness (QED) is 0.846. The summed E-state index contributed by atoms with van der Waals surface area (Å²) in [4.78, 5) is 12.8. The van der Waals surface area contributed by atoms with Crippen molar-refractivity contribution < 1.29 is 18.3 Å². The summed E-state index contributed by atoms with van der Waals surface area (Å²) in [5, 5.41) is 12.6. The zero-order valence-electron chi connectivity index (χ0n) is 14.3. The predicted molar refractivity (Wildman–Crippen MR) is 94.3 cm³/mol. The van der Waals surface area contributed by atoms with Gasteiger partial charge < -0.3 is 10.4 Å². The van der Waals surface area contributed by atoms with Crippen LogP contribution in [0.5, 0.6) is 0 Å². The Bertz CT molecular complexity index is 684. The fourth-order valence-corrected chi connectivity index (χ4v) is 5.20.